The van der Waals surface area contributed by atoms with Gasteiger partial charge in [-0.3, -0.25) is 4.79 Å². The zero-order valence-corrected chi connectivity index (χ0v) is 10.2. The number of anilines is 1. The lowest BCUT2D eigenvalue weighted by molar-refractivity contribution is -0.124. The average molecular weight is 253 g/mol. The number of aliphatic hydroxyl groups excluding tert-OH is 1. The summed E-state index contributed by atoms with van der Waals surface area (Å²) in [6, 6.07) is 2.90. The molecule has 1 aliphatic rings. The molecule has 6 nitrogen and oxygen atoms in total. The van der Waals surface area contributed by atoms with Crippen LogP contribution >= 0.6 is 0 Å². The largest absolute Gasteiger partial charge is 0.506 e. The molecule has 0 radical (unpaired) electrons. The molecule has 1 atom stereocenters. The SMILES string of the molecule is COc1cc(O)c(N2CC[C@H](O)C2=O)cc1OC. The summed E-state index contributed by atoms with van der Waals surface area (Å²) in [4.78, 5) is 13.0. The number of hydrogen-bond acceptors (Lipinski definition) is 5. The van der Waals surface area contributed by atoms with Crippen LogP contribution in [0.15, 0.2) is 12.1 Å². The van der Waals surface area contributed by atoms with Crippen molar-refractivity contribution in [2.75, 3.05) is 25.7 Å². The first-order valence-electron chi connectivity index (χ1n) is 5.53. The molecule has 0 aromatic heterocycles. The van der Waals surface area contributed by atoms with Gasteiger partial charge < -0.3 is 24.6 Å². The second kappa shape index (κ2) is 4.73. The van der Waals surface area contributed by atoms with Crippen molar-refractivity contribution < 1.29 is 24.5 Å². The molecule has 18 heavy (non-hydrogen) atoms. The van der Waals surface area contributed by atoms with Gasteiger partial charge in [-0.05, 0) is 0 Å². The minimum atomic E-state index is -1.00. The molecule has 1 heterocycles. The Morgan fingerprint density at radius 1 is 1.28 bits per heavy atom. The number of phenolic OH excluding ortho intramolecular Hbond substituents is 1. The number of benzene rings is 1. The van der Waals surface area contributed by atoms with Crippen molar-refractivity contribution in [3.05, 3.63) is 12.1 Å². The van der Waals surface area contributed by atoms with E-state index in [-0.39, 0.29) is 5.75 Å². The summed E-state index contributed by atoms with van der Waals surface area (Å²) in [6.45, 7) is 0.364. The summed E-state index contributed by atoms with van der Waals surface area (Å²) in [5.41, 5.74) is 0.314. The number of amides is 1. The summed E-state index contributed by atoms with van der Waals surface area (Å²) in [6.07, 6.45) is -0.649. The average Bonchev–Trinajstić information content (AvgIpc) is 2.70. The van der Waals surface area contributed by atoms with Crippen molar-refractivity contribution in [2.24, 2.45) is 0 Å². The molecule has 2 N–H and O–H groups in total. The van der Waals surface area contributed by atoms with Crippen LogP contribution in [0.4, 0.5) is 5.69 Å². The van der Waals surface area contributed by atoms with E-state index in [9.17, 15) is 15.0 Å². The van der Waals surface area contributed by atoms with Crippen LogP contribution in [0.5, 0.6) is 17.2 Å². The lowest BCUT2D eigenvalue weighted by Gasteiger charge is -2.19. The number of phenols is 1. The molecule has 2 rings (SSSR count). The summed E-state index contributed by atoms with van der Waals surface area (Å²) in [5.74, 6) is 0.290. The Morgan fingerprint density at radius 2 is 1.89 bits per heavy atom. The summed E-state index contributed by atoms with van der Waals surface area (Å²) < 4.78 is 10.2. The van der Waals surface area contributed by atoms with Crippen LogP contribution in [0, 0.1) is 0 Å². The van der Waals surface area contributed by atoms with Crippen LogP contribution in [0.2, 0.25) is 0 Å². The second-order valence-electron chi connectivity index (χ2n) is 3.99. The normalized spacial score (nSPS) is 19.2. The van der Waals surface area contributed by atoms with Crippen molar-refractivity contribution >= 4 is 11.6 Å². The van der Waals surface area contributed by atoms with Crippen LogP contribution in [0.3, 0.4) is 0 Å². The van der Waals surface area contributed by atoms with Gasteiger partial charge >= 0.3 is 0 Å². The van der Waals surface area contributed by atoms with Gasteiger partial charge in [-0.25, -0.2) is 0 Å². The highest BCUT2D eigenvalue weighted by molar-refractivity contribution is 6.00. The number of carbonyl (C=O) groups is 1. The molecule has 1 amide bonds. The van der Waals surface area contributed by atoms with E-state index in [1.807, 2.05) is 0 Å². The summed E-state index contributed by atoms with van der Waals surface area (Å²) in [7, 11) is 2.93. The van der Waals surface area contributed by atoms with Gasteiger partial charge in [-0.2, -0.15) is 0 Å². The highest BCUT2D eigenvalue weighted by atomic mass is 16.5. The Morgan fingerprint density at radius 3 is 2.39 bits per heavy atom. The van der Waals surface area contributed by atoms with E-state index in [0.29, 0.717) is 30.2 Å². The van der Waals surface area contributed by atoms with E-state index < -0.39 is 12.0 Å². The van der Waals surface area contributed by atoms with Gasteiger partial charge in [0.05, 0.1) is 19.9 Å². The summed E-state index contributed by atoms with van der Waals surface area (Å²) >= 11 is 0. The molecule has 0 spiro atoms. The lowest BCUT2D eigenvalue weighted by atomic mass is 10.2. The lowest BCUT2D eigenvalue weighted by Crippen LogP contribution is -2.29. The minimum absolute atomic E-state index is 0.0879. The Balaban J connectivity index is 2.42. The monoisotopic (exact) mass is 253 g/mol. The summed E-state index contributed by atoms with van der Waals surface area (Å²) in [5, 5.41) is 19.3. The number of hydrogen-bond donors (Lipinski definition) is 2. The quantitative estimate of drug-likeness (QED) is 0.820. The molecule has 1 aromatic rings. The highest BCUT2D eigenvalue weighted by Crippen LogP contribution is 2.40. The molecule has 0 saturated carbocycles. The van der Waals surface area contributed by atoms with E-state index >= 15 is 0 Å². The zero-order chi connectivity index (χ0) is 13.3. The van der Waals surface area contributed by atoms with Crippen molar-refractivity contribution in [2.45, 2.75) is 12.5 Å². The van der Waals surface area contributed by atoms with Gasteiger partial charge in [0, 0.05) is 25.1 Å². The number of nitrogens with zero attached hydrogens (tertiary/aromatic N) is 1. The predicted octanol–water partition coefficient (Wildman–Crippen LogP) is 0.507. The third-order valence-electron chi connectivity index (χ3n) is 2.95. The number of ether oxygens (including phenoxy) is 2. The van der Waals surface area contributed by atoms with Gasteiger partial charge in [-0.15, -0.1) is 0 Å². The molecular formula is C12H15NO5. The van der Waals surface area contributed by atoms with Crippen molar-refractivity contribution in [3.8, 4) is 17.2 Å². The molecule has 1 saturated heterocycles. The van der Waals surface area contributed by atoms with Crippen molar-refractivity contribution in [1.82, 2.24) is 0 Å². The first-order valence-corrected chi connectivity index (χ1v) is 5.53. The molecule has 98 valence electrons. The standard InChI is InChI=1S/C12H15NO5/c1-17-10-5-7(9(15)6-11(10)18-2)13-4-3-8(14)12(13)16/h5-6,8,14-15H,3-4H2,1-2H3/t8-/m0/s1. The maximum Gasteiger partial charge on any atom is 0.255 e. The molecule has 0 unspecified atom stereocenters. The predicted molar refractivity (Wildman–Crippen MR) is 64.2 cm³/mol. The first-order chi connectivity index (χ1) is 8.58. The van der Waals surface area contributed by atoms with Crippen LogP contribution in [0.25, 0.3) is 0 Å². The molecular weight excluding hydrogens is 238 g/mol. The third-order valence-corrected chi connectivity index (χ3v) is 2.95. The van der Waals surface area contributed by atoms with E-state index in [4.69, 9.17) is 9.47 Å². The second-order valence-corrected chi connectivity index (χ2v) is 3.99. The fraction of sp³-hybridized carbons (Fsp3) is 0.417. The van der Waals surface area contributed by atoms with Gasteiger partial charge in [0.1, 0.15) is 11.9 Å². The Bertz CT molecular complexity index is 474. The Kier molecular flexibility index (Phi) is 3.29. The van der Waals surface area contributed by atoms with Crippen molar-refractivity contribution in [3.63, 3.8) is 0 Å². The number of carbonyl (C=O) groups excluding carboxylic acids is 1. The van der Waals surface area contributed by atoms with Crippen molar-refractivity contribution in [1.29, 1.82) is 0 Å². The maximum atomic E-state index is 11.7. The highest BCUT2D eigenvalue weighted by Gasteiger charge is 2.32. The molecule has 1 fully saturated rings. The molecule has 0 aliphatic carbocycles. The Labute approximate surface area is 104 Å². The Hall–Kier alpha value is -1.95. The molecule has 6 heteroatoms. The van der Waals surface area contributed by atoms with Crippen LogP contribution < -0.4 is 14.4 Å². The molecule has 1 aliphatic heterocycles. The van der Waals surface area contributed by atoms with E-state index in [1.54, 1.807) is 0 Å². The topological polar surface area (TPSA) is 79.2 Å². The number of rotatable bonds is 3. The van der Waals surface area contributed by atoms with Crippen LogP contribution in [-0.2, 0) is 4.79 Å². The van der Waals surface area contributed by atoms with E-state index in [2.05, 4.69) is 0 Å². The van der Waals surface area contributed by atoms with E-state index in [0.717, 1.165) is 0 Å². The molecule has 1 aromatic carbocycles. The first kappa shape index (κ1) is 12.5. The molecule has 0 bridgehead atoms. The smallest absolute Gasteiger partial charge is 0.255 e. The van der Waals surface area contributed by atoms with Gasteiger partial charge in [0.15, 0.2) is 11.5 Å². The third kappa shape index (κ3) is 1.95. The number of aromatic hydroxyl groups is 1. The fourth-order valence-corrected chi connectivity index (χ4v) is 1.98. The fourth-order valence-electron chi connectivity index (χ4n) is 1.98. The van der Waals surface area contributed by atoms with Gasteiger partial charge in [0.2, 0.25) is 0 Å². The van der Waals surface area contributed by atoms with Gasteiger partial charge in [-0.1, -0.05) is 0 Å². The minimum Gasteiger partial charge on any atom is -0.506 e. The van der Waals surface area contributed by atoms with E-state index in [1.165, 1.54) is 31.3 Å². The van der Waals surface area contributed by atoms with Crippen LogP contribution in [0.1, 0.15) is 6.42 Å². The van der Waals surface area contributed by atoms with Crippen LogP contribution in [-0.4, -0.2) is 43.0 Å². The van der Waals surface area contributed by atoms with Gasteiger partial charge in [0.25, 0.3) is 5.91 Å². The zero-order valence-electron chi connectivity index (χ0n) is 10.2. The number of aliphatic hydroxyl groups is 1. The maximum absolute atomic E-state index is 11.7. The number of methoxy groups -OCH3 is 2.